The molecule has 126 valence electrons. The summed E-state index contributed by atoms with van der Waals surface area (Å²) in [6.45, 7) is 1.49. The molecule has 0 atom stereocenters. The van der Waals surface area contributed by atoms with Crippen LogP contribution in [-0.4, -0.2) is 41.3 Å². The van der Waals surface area contributed by atoms with Crippen molar-refractivity contribution in [2.75, 3.05) is 25.3 Å². The minimum atomic E-state index is 0.188. The van der Waals surface area contributed by atoms with Crippen molar-refractivity contribution in [3.8, 4) is 22.8 Å². The van der Waals surface area contributed by atoms with Crippen LogP contribution in [0.3, 0.4) is 0 Å². The maximum Gasteiger partial charge on any atom is 0.231 e. The summed E-state index contributed by atoms with van der Waals surface area (Å²) in [6, 6.07) is 5.73. The zero-order chi connectivity index (χ0) is 16.5. The second-order valence-corrected chi connectivity index (χ2v) is 6.79. The fourth-order valence-corrected chi connectivity index (χ4v) is 3.42. The Balaban J connectivity index is 1.60. The maximum atomic E-state index is 12.3. The first-order chi connectivity index (χ1) is 11.8. The number of fused-ring (bicyclic) bond motifs is 2. The maximum absolute atomic E-state index is 12.3. The Labute approximate surface area is 144 Å². The Bertz CT molecular complexity index is 774. The lowest BCUT2D eigenvalue weighted by Gasteiger charge is -2.26. The van der Waals surface area contributed by atoms with E-state index in [4.69, 9.17) is 14.0 Å². The third kappa shape index (κ3) is 2.73. The van der Waals surface area contributed by atoms with E-state index in [1.807, 2.05) is 29.4 Å². The van der Waals surface area contributed by atoms with Gasteiger partial charge in [-0.1, -0.05) is 5.16 Å². The Morgan fingerprint density at radius 1 is 1.33 bits per heavy atom. The SMILES string of the molecule is CSCCC(=O)N1CCc2onc(-c3ccc4c(c3)OCO4)c2C1. The molecule has 1 amide bonds. The van der Waals surface area contributed by atoms with Crippen molar-refractivity contribution in [1.29, 1.82) is 0 Å². The molecular formula is C17H18N2O4S. The highest BCUT2D eigenvalue weighted by atomic mass is 32.2. The monoisotopic (exact) mass is 346 g/mol. The van der Waals surface area contributed by atoms with Gasteiger partial charge in [-0.2, -0.15) is 11.8 Å². The fourth-order valence-electron chi connectivity index (χ4n) is 3.04. The van der Waals surface area contributed by atoms with Crippen LogP contribution in [0.15, 0.2) is 22.7 Å². The van der Waals surface area contributed by atoms with Crippen molar-refractivity contribution in [3.63, 3.8) is 0 Å². The summed E-state index contributed by atoms with van der Waals surface area (Å²) >= 11 is 1.69. The first kappa shape index (κ1) is 15.4. The number of nitrogens with zero attached hydrogens (tertiary/aromatic N) is 2. The normalized spacial score (nSPS) is 15.5. The Hall–Kier alpha value is -2.15. The van der Waals surface area contributed by atoms with Crippen molar-refractivity contribution >= 4 is 17.7 Å². The topological polar surface area (TPSA) is 64.8 Å². The summed E-state index contributed by atoms with van der Waals surface area (Å²) in [5.41, 5.74) is 2.70. The Morgan fingerprint density at radius 2 is 2.21 bits per heavy atom. The fraction of sp³-hybridized carbons (Fsp3) is 0.412. The molecule has 1 aromatic heterocycles. The van der Waals surface area contributed by atoms with Crippen molar-refractivity contribution in [2.45, 2.75) is 19.4 Å². The number of thioether (sulfide) groups is 1. The van der Waals surface area contributed by atoms with Gasteiger partial charge in [0.25, 0.3) is 0 Å². The van der Waals surface area contributed by atoms with E-state index in [2.05, 4.69) is 5.16 Å². The second kappa shape index (κ2) is 6.39. The number of amides is 1. The van der Waals surface area contributed by atoms with E-state index in [-0.39, 0.29) is 12.7 Å². The second-order valence-electron chi connectivity index (χ2n) is 5.81. The number of rotatable bonds is 4. The van der Waals surface area contributed by atoms with Gasteiger partial charge in [-0.05, 0) is 24.5 Å². The molecule has 1 aromatic carbocycles. The van der Waals surface area contributed by atoms with Gasteiger partial charge in [0.1, 0.15) is 11.5 Å². The highest BCUT2D eigenvalue weighted by molar-refractivity contribution is 7.98. The van der Waals surface area contributed by atoms with Crippen LogP contribution in [0.5, 0.6) is 11.5 Å². The first-order valence-corrected chi connectivity index (χ1v) is 9.30. The van der Waals surface area contributed by atoms with Crippen molar-refractivity contribution in [1.82, 2.24) is 10.1 Å². The summed E-state index contributed by atoms with van der Waals surface area (Å²) < 4.78 is 16.3. The third-order valence-corrected chi connectivity index (χ3v) is 4.96. The molecular weight excluding hydrogens is 328 g/mol. The highest BCUT2D eigenvalue weighted by Gasteiger charge is 2.28. The smallest absolute Gasteiger partial charge is 0.231 e. The molecule has 0 spiro atoms. The predicted molar refractivity (Wildman–Crippen MR) is 90.2 cm³/mol. The van der Waals surface area contributed by atoms with Gasteiger partial charge in [0, 0.05) is 36.3 Å². The molecule has 7 heteroatoms. The van der Waals surface area contributed by atoms with Gasteiger partial charge in [-0.25, -0.2) is 0 Å². The van der Waals surface area contributed by atoms with Crippen molar-refractivity contribution in [3.05, 3.63) is 29.5 Å². The molecule has 0 unspecified atom stereocenters. The van der Waals surface area contributed by atoms with E-state index in [9.17, 15) is 4.79 Å². The summed E-state index contributed by atoms with van der Waals surface area (Å²) in [6.07, 6.45) is 3.29. The van der Waals surface area contributed by atoms with Crippen molar-refractivity contribution < 1.29 is 18.8 Å². The summed E-state index contributed by atoms with van der Waals surface area (Å²) in [5.74, 6) is 3.36. The van der Waals surface area contributed by atoms with Crippen LogP contribution in [0.4, 0.5) is 0 Å². The van der Waals surface area contributed by atoms with Crippen LogP contribution in [0.2, 0.25) is 0 Å². The van der Waals surface area contributed by atoms with Crippen LogP contribution >= 0.6 is 11.8 Å². The van der Waals surface area contributed by atoms with E-state index >= 15 is 0 Å². The zero-order valence-electron chi connectivity index (χ0n) is 13.4. The lowest BCUT2D eigenvalue weighted by molar-refractivity contribution is -0.131. The van der Waals surface area contributed by atoms with Crippen LogP contribution in [0.25, 0.3) is 11.3 Å². The van der Waals surface area contributed by atoms with E-state index in [1.165, 1.54) is 0 Å². The number of hydrogen-bond donors (Lipinski definition) is 0. The summed E-state index contributed by atoms with van der Waals surface area (Å²) in [7, 11) is 0. The quantitative estimate of drug-likeness (QED) is 0.848. The molecule has 0 bridgehead atoms. The minimum absolute atomic E-state index is 0.188. The van der Waals surface area contributed by atoms with E-state index < -0.39 is 0 Å². The molecule has 24 heavy (non-hydrogen) atoms. The number of carbonyl (C=O) groups is 1. The predicted octanol–water partition coefficient (Wildman–Crippen LogP) is 2.71. The van der Waals surface area contributed by atoms with E-state index in [0.29, 0.717) is 31.7 Å². The number of ether oxygens (including phenoxy) is 2. The molecule has 2 aliphatic rings. The minimum Gasteiger partial charge on any atom is -0.454 e. The standard InChI is InChI=1S/C17H18N2O4S/c1-24-7-5-16(20)19-6-4-13-12(9-19)17(18-23-13)11-2-3-14-15(8-11)22-10-21-14/h2-3,8H,4-7,9-10H2,1H3. The molecule has 2 aromatic rings. The summed E-state index contributed by atoms with van der Waals surface area (Å²) in [4.78, 5) is 14.2. The van der Waals surface area contributed by atoms with E-state index in [1.54, 1.807) is 11.8 Å². The third-order valence-electron chi connectivity index (χ3n) is 4.35. The molecule has 3 heterocycles. The Kier molecular flexibility index (Phi) is 4.10. The number of benzene rings is 1. The number of hydrogen-bond acceptors (Lipinski definition) is 6. The largest absolute Gasteiger partial charge is 0.454 e. The first-order valence-electron chi connectivity index (χ1n) is 7.90. The van der Waals surface area contributed by atoms with Gasteiger partial charge >= 0.3 is 0 Å². The van der Waals surface area contributed by atoms with Gasteiger partial charge < -0.3 is 18.9 Å². The summed E-state index contributed by atoms with van der Waals surface area (Å²) in [5, 5.41) is 4.24. The van der Waals surface area contributed by atoms with Gasteiger partial charge in [-0.15, -0.1) is 0 Å². The lowest BCUT2D eigenvalue weighted by Crippen LogP contribution is -2.35. The van der Waals surface area contributed by atoms with Gasteiger partial charge in [0.2, 0.25) is 12.7 Å². The van der Waals surface area contributed by atoms with Crippen LogP contribution in [0, 0.1) is 0 Å². The van der Waals surface area contributed by atoms with E-state index in [0.717, 1.165) is 34.1 Å². The zero-order valence-corrected chi connectivity index (χ0v) is 14.2. The molecule has 4 rings (SSSR count). The molecule has 0 saturated heterocycles. The van der Waals surface area contributed by atoms with Crippen LogP contribution < -0.4 is 9.47 Å². The molecule has 0 aliphatic carbocycles. The highest BCUT2D eigenvalue weighted by Crippen LogP contribution is 2.38. The molecule has 0 radical (unpaired) electrons. The van der Waals surface area contributed by atoms with Gasteiger partial charge in [0.05, 0.1) is 6.54 Å². The van der Waals surface area contributed by atoms with Gasteiger partial charge in [0.15, 0.2) is 11.5 Å². The average Bonchev–Trinajstić information content (AvgIpc) is 3.24. The molecule has 0 saturated carbocycles. The molecule has 0 N–H and O–H groups in total. The lowest BCUT2D eigenvalue weighted by atomic mass is 10.0. The van der Waals surface area contributed by atoms with Crippen LogP contribution in [0.1, 0.15) is 17.7 Å². The number of carbonyl (C=O) groups excluding carboxylic acids is 1. The Morgan fingerprint density at radius 3 is 3.08 bits per heavy atom. The molecule has 6 nitrogen and oxygen atoms in total. The molecule has 2 aliphatic heterocycles. The number of aromatic nitrogens is 1. The van der Waals surface area contributed by atoms with Gasteiger partial charge in [-0.3, -0.25) is 4.79 Å². The van der Waals surface area contributed by atoms with Crippen molar-refractivity contribution in [2.24, 2.45) is 0 Å². The average molecular weight is 346 g/mol. The van der Waals surface area contributed by atoms with Crippen LogP contribution in [-0.2, 0) is 17.8 Å². The molecule has 0 fully saturated rings.